The number of para-hydroxylation sites is 4. The van der Waals surface area contributed by atoms with Gasteiger partial charge in [0, 0.05) is 27.8 Å². The molecule has 7 aromatic rings. The van der Waals surface area contributed by atoms with Gasteiger partial charge in [-0.3, -0.25) is 0 Å². The molecule has 7 aromatic carbocycles. The molecular formula is C43H28O2. The second-order valence-corrected chi connectivity index (χ2v) is 11.7. The molecule has 0 saturated carbocycles. The van der Waals surface area contributed by atoms with Crippen LogP contribution in [0.25, 0.3) is 33.4 Å². The van der Waals surface area contributed by atoms with Crippen LogP contribution in [0.3, 0.4) is 0 Å². The molecule has 0 atom stereocenters. The smallest absolute Gasteiger partial charge is 0.140 e. The lowest BCUT2D eigenvalue weighted by atomic mass is 9.62. The maximum absolute atomic E-state index is 6.97. The number of hydrogen-bond donors (Lipinski definition) is 0. The average Bonchev–Trinajstić information content (AvgIpc) is 3.12. The van der Waals surface area contributed by atoms with E-state index in [0.717, 1.165) is 67.5 Å². The SMILES string of the molecule is c1ccc(-c2cc(-c3ccccc3)cc(-c3cccc4c3Oc3ccccc3C43c4ccccc4Oc4ccccc43)c2)cc1. The molecule has 0 fully saturated rings. The van der Waals surface area contributed by atoms with Crippen molar-refractivity contribution in [3.63, 3.8) is 0 Å². The van der Waals surface area contributed by atoms with Crippen LogP contribution in [0.1, 0.15) is 22.3 Å². The molecule has 0 aromatic heterocycles. The Balaban J connectivity index is 1.36. The fourth-order valence-electron chi connectivity index (χ4n) is 7.24. The number of fused-ring (bicyclic) bond motifs is 8. The highest BCUT2D eigenvalue weighted by Gasteiger charge is 2.50. The molecule has 0 saturated heterocycles. The lowest BCUT2D eigenvalue weighted by Crippen LogP contribution is -2.36. The largest absolute Gasteiger partial charge is 0.457 e. The van der Waals surface area contributed by atoms with Gasteiger partial charge in [-0.05, 0) is 64.2 Å². The standard InChI is InChI=1S/C43H28O2/c1-3-14-29(15-4-1)31-26-32(30-16-5-2-6-17-30)28-33(27-31)34-18-13-22-38-42(34)45-41-25-12-9-21-37(41)43(38)35-19-7-10-23-39(35)44-40-24-11-8-20-36(40)43/h1-28H. The van der Waals surface area contributed by atoms with E-state index < -0.39 is 5.41 Å². The summed E-state index contributed by atoms with van der Waals surface area (Å²) in [6.07, 6.45) is 0. The molecule has 0 radical (unpaired) electrons. The van der Waals surface area contributed by atoms with E-state index in [1.807, 2.05) is 12.1 Å². The lowest BCUT2D eigenvalue weighted by molar-refractivity contribution is 0.400. The fraction of sp³-hybridized carbons (Fsp3) is 0.0233. The third-order valence-corrected chi connectivity index (χ3v) is 9.18. The third kappa shape index (κ3) is 3.89. The first kappa shape index (κ1) is 25.6. The molecule has 2 aliphatic rings. The molecule has 2 nitrogen and oxygen atoms in total. The first-order valence-electron chi connectivity index (χ1n) is 15.3. The molecule has 212 valence electrons. The van der Waals surface area contributed by atoms with Crippen molar-refractivity contribution in [1.82, 2.24) is 0 Å². The highest BCUT2D eigenvalue weighted by Crippen LogP contribution is 2.62. The van der Waals surface area contributed by atoms with Crippen molar-refractivity contribution >= 4 is 0 Å². The zero-order valence-corrected chi connectivity index (χ0v) is 24.5. The van der Waals surface area contributed by atoms with Crippen molar-refractivity contribution in [2.75, 3.05) is 0 Å². The molecule has 2 heteroatoms. The number of benzene rings is 7. The Kier molecular flexibility index (Phi) is 5.76. The number of rotatable bonds is 3. The summed E-state index contributed by atoms with van der Waals surface area (Å²) in [5.74, 6) is 3.45. The van der Waals surface area contributed by atoms with Crippen LogP contribution in [0.5, 0.6) is 23.0 Å². The van der Waals surface area contributed by atoms with Gasteiger partial charge in [-0.25, -0.2) is 0 Å². The summed E-state index contributed by atoms with van der Waals surface area (Å²) in [5.41, 5.74) is 10.7. The van der Waals surface area contributed by atoms with Crippen molar-refractivity contribution in [3.8, 4) is 56.4 Å². The Morgan fingerprint density at radius 2 is 0.733 bits per heavy atom. The van der Waals surface area contributed by atoms with E-state index >= 15 is 0 Å². The van der Waals surface area contributed by atoms with Crippen molar-refractivity contribution in [3.05, 3.63) is 192 Å². The third-order valence-electron chi connectivity index (χ3n) is 9.18. The summed E-state index contributed by atoms with van der Waals surface area (Å²) in [6.45, 7) is 0. The van der Waals surface area contributed by atoms with Gasteiger partial charge in [-0.2, -0.15) is 0 Å². The molecule has 0 bridgehead atoms. The fourth-order valence-corrected chi connectivity index (χ4v) is 7.24. The molecule has 0 N–H and O–H groups in total. The van der Waals surface area contributed by atoms with Gasteiger partial charge in [0.2, 0.25) is 0 Å². The zero-order valence-electron chi connectivity index (χ0n) is 24.5. The molecule has 0 amide bonds. The Morgan fingerprint density at radius 1 is 0.311 bits per heavy atom. The number of hydrogen-bond acceptors (Lipinski definition) is 2. The maximum Gasteiger partial charge on any atom is 0.140 e. The molecule has 45 heavy (non-hydrogen) atoms. The predicted octanol–water partition coefficient (Wildman–Crippen LogP) is 11.3. The Hall–Kier alpha value is -5.86. The lowest BCUT2D eigenvalue weighted by Gasteiger charge is -2.45. The molecule has 9 rings (SSSR count). The summed E-state index contributed by atoms with van der Waals surface area (Å²) in [6, 6.07) is 60.0. The van der Waals surface area contributed by atoms with Crippen molar-refractivity contribution in [1.29, 1.82) is 0 Å². The maximum atomic E-state index is 6.97. The predicted molar refractivity (Wildman–Crippen MR) is 181 cm³/mol. The molecule has 2 heterocycles. The Bertz CT molecular complexity index is 2090. The first-order valence-corrected chi connectivity index (χ1v) is 15.3. The van der Waals surface area contributed by atoms with Gasteiger partial charge >= 0.3 is 0 Å². The molecule has 2 aliphatic heterocycles. The van der Waals surface area contributed by atoms with E-state index in [0.29, 0.717) is 0 Å². The minimum Gasteiger partial charge on any atom is -0.457 e. The van der Waals surface area contributed by atoms with Crippen LogP contribution in [-0.2, 0) is 5.41 Å². The summed E-state index contributed by atoms with van der Waals surface area (Å²) in [4.78, 5) is 0. The summed E-state index contributed by atoms with van der Waals surface area (Å²) < 4.78 is 13.5. The van der Waals surface area contributed by atoms with E-state index in [1.54, 1.807) is 0 Å². The second-order valence-electron chi connectivity index (χ2n) is 11.7. The van der Waals surface area contributed by atoms with Crippen molar-refractivity contribution in [2.45, 2.75) is 5.41 Å². The number of ether oxygens (including phenoxy) is 2. The second kappa shape index (κ2) is 10.1. The van der Waals surface area contributed by atoms with Crippen LogP contribution in [-0.4, -0.2) is 0 Å². The van der Waals surface area contributed by atoms with Crippen LogP contribution in [0.4, 0.5) is 0 Å². The zero-order chi connectivity index (χ0) is 29.8. The van der Waals surface area contributed by atoms with Gasteiger partial charge in [-0.15, -0.1) is 0 Å². The molecular weight excluding hydrogens is 548 g/mol. The summed E-state index contributed by atoms with van der Waals surface area (Å²) >= 11 is 0. The van der Waals surface area contributed by atoms with E-state index in [2.05, 4.69) is 158 Å². The molecule has 1 spiro atoms. The van der Waals surface area contributed by atoms with E-state index in [9.17, 15) is 0 Å². The van der Waals surface area contributed by atoms with E-state index in [4.69, 9.17) is 9.47 Å². The van der Waals surface area contributed by atoms with Gasteiger partial charge in [-0.1, -0.05) is 133 Å². The molecule has 0 aliphatic carbocycles. The monoisotopic (exact) mass is 576 g/mol. The van der Waals surface area contributed by atoms with Crippen LogP contribution in [0.2, 0.25) is 0 Å². The van der Waals surface area contributed by atoms with Gasteiger partial charge in [0.05, 0.1) is 5.41 Å². The quantitative estimate of drug-likeness (QED) is 0.208. The average molecular weight is 577 g/mol. The minimum atomic E-state index is -0.620. The van der Waals surface area contributed by atoms with Crippen LogP contribution in [0, 0.1) is 0 Å². The topological polar surface area (TPSA) is 18.5 Å². The highest BCUT2D eigenvalue weighted by atomic mass is 16.5. The van der Waals surface area contributed by atoms with Crippen LogP contribution in [0.15, 0.2) is 170 Å². The molecule has 0 unspecified atom stereocenters. The minimum absolute atomic E-state index is 0.620. The summed E-state index contributed by atoms with van der Waals surface area (Å²) in [7, 11) is 0. The van der Waals surface area contributed by atoms with Gasteiger partial charge < -0.3 is 9.47 Å². The highest BCUT2D eigenvalue weighted by molar-refractivity contribution is 5.86. The van der Waals surface area contributed by atoms with Gasteiger partial charge in [0.15, 0.2) is 0 Å². The van der Waals surface area contributed by atoms with Crippen molar-refractivity contribution in [2.24, 2.45) is 0 Å². The normalized spacial score (nSPS) is 13.4. The van der Waals surface area contributed by atoms with Gasteiger partial charge in [0.1, 0.15) is 23.0 Å². The first-order chi connectivity index (χ1) is 22.3. The van der Waals surface area contributed by atoms with Crippen molar-refractivity contribution < 1.29 is 9.47 Å². The van der Waals surface area contributed by atoms with Crippen LogP contribution < -0.4 is 9.47 Å². The van der Waals surface area contributed by atoms with E-state index in [1.165, 1.54) is 11.1 Å². The van der Waals surface area contributed by atoms with E-state index in [-0.39, 0.29) is 0 Å². The van der Waals surface area contributed by atoms with Crippen LogP contribution >= 0.6 is 0 Å². The Morgan fingerprint density at radius 3 is 1.27 bits per heavy atom. The summed E-state index contributed by atoms with van der Waals surface area (Å²) in [5, 5.41) is 0. The van der Waals surface area contributed by atoms with Gasteiger partial charge in [0.25, 0.3) is 0 Å². The Labute approximate surface area is 262 Å².